The zero-order chi connectivity index (χ0) is 20.7. The Labute approximate surface area is 167 Å². The summed E-state index contributed by atoms with van der Waals surface area (Å²) in [6, 6.07) is 3.64. The highest BCUT2D eigenvalue weighted by Crippen LogP contribution is 2.22. The van der Waals surface area contributed by atoms with Gasteiger partial charge in [-0.2, -0.15) is 5.10 Å². The Balaban J connectivity index is 2.07. The van der Waals surface area contributed by atoms with E-state index in [-0.39, 0.29) is 6.54 Å². The summed E-state index contributed by atoms with van der Waals surface area (Å²) in [5, 5.41) is 21.7. The summed E-state index contributed by atoms with van der Waals surface area (Å²) in [6.45, 7) is 12.5. The Morgan fingerprint density at radius 3 is 2.68 bits per heavy atom. The van der Waals surface area contributed by atoms with Gasteiger partial charge in [0.15, 0.2) is 5.96 Å². The SMILES string of the molecule is CCNC(=NCc1c(C)nn(CCOC)c1C)NCC(C)(O)c1ccc(C)o1. The summed E-state index contributed by atoms with van der Waals surface area (Å²) < 4.78 is 12.7. The highest BCUT2D eigenvalue weighted by Gasteiger charge is 2.27. The van der Waals surface area contributed by atoms with E-state index in [1.807, 2.05) is 38.4 Å². The van der Waals surface area contributed by atoms with Crippen LogP contribution in [0, 0.1) is 20.8 Å². The summed E-state index contributed by atoms with van der Waals surface area (Å²) in [6.07, 6.45) is 0. The van der Waals surface area contributed by atoms with Crippen molar-refractivity contribution in [2.75, 3.05) is 26.8 Å². The first kappa shape index (κ1) is 22.0. The van der Waals surface area contributed by atoms with Gasteiger partial charge >= 0.3 is 0 Å². The molecule has 2 heterocycles. The Hall–Kier alpha value is -2.32. The molecule has 1 unspecified atom stereocenters. The Morgan fingerprint density at radius 2 is 2.07 bits per heavy atom. The number of aliphatic hydroxyl groups is 1. The molecule has 8 heteroatoms. The zero-order valence-electron chi connectivity index (χ0n) is 17.8. The highest BCUT2D eigenvalue weighted by atomic mass is 16.5. The first-order valence-corrected chi connectivity index (χ1v) is 9.61. The van der Waals surface area contributed by atoms with E-state index in [1.165, 1.54) is 0 Å². The van der Waals surface area contributed by atoms with Gasteiger partial charge < -0.3 is 24.9 Å². The Bertz CT molecular complexity index is 792. The molecule has 0 spiro atoms. The molecule has 0 radical (unpaired) electrons. The lowest BCUT2D eigenvalue weighted by molar-refractivity contribution is 0.0378. The molecule has 1 atom stereocenters. The first-order valence-electron chi connectivity index (χ1n) is 9.61. The number of hydrogen-bond acceptors (Lipinski definition) is 5. The Kier molecular flexibility index (Phi) is 7.65. The van der Waals surface area contributed by atoms with Crippen molar-refractivity contribution in [3.8, 4) is 0 Å². The van der Waals surface area contributed by atoms with Crippen LogP contribution in [0.2, 0.25) is 0 Å². The highest BCUT2D eigenvalue weighted by molar-refractivity contribution is 5.79. The second-order valence-corrected chi connectivity index (χ2v) is 7.10. The molecule has 0 bridgehead atoms. The zero-order valence-corrected chi connectivity index (χ0v) is 17.8. The van der Waals surface area contributed by atoms with Crippen molar-refractivity contribution in [2.24, 2.45) is 4.99 Å². The molecule has 0 saturated carbocycles. The average Bonchev–Trinajstić information content (AvgIpc) is 3.20. The van der Waals surface area contributed by atoms with E-state index in [1.54, 1.807) is 20.1 Å². The van der Waals surface area contributed by atoms with Crippen LogP contribution in [0.15, 0.2) is 21.5 Å². The van der Waals surface area contributed by atoms with E-state index in [4.69, 9.17) is 9.15 Å². The van der Waals surface area contributed by atoms with Crippen molar-refractivity contribution in [2.45, 2.75) is 53.3 Å². The number of hydrogen-bond donors (Lipinski definition) is 3. The standard InChI is InChI=1S/C20H33N5O3/c1-7-21-19(23-13-20(5,26)18-9-8-14(2)28-18)22-12-17-15(3)24-25(16(17)4)10-11-27-6/h8-9,26H,7,10-13H2,1-6H3,(H2,21,22,23). The maximum atomic E-state index is 10.7. The number of aryl methyl sites for hydroxylation is 2. The van der Waals surface area contributed by atoms with Crippen LogP contribution in [0.1, 0.15) is 42.3 Å². The van der Waals surface area contributed by atoms with Gasteiger partial charge in [0.25, 0.3) is 0 Å². The van der Waals surface area contributed by atoms with Crippen LogP contribution in [0.5, 0.6) is 0 Å². The molecule has 8 nitrogen and oxygen atoms in total. The van der Waals surface area contributed by atoms with Gasteiger partial charge in [-0.05, 0) is 46.8 Å². The molecule has 28 heavy (non-hydrogen) atoms. The van der Waals surface area contributed by atoms with Gasteiger partial charge in [0, 0.05) is 24.9 Å². The molecule has 0 aliphatic rings. The van der Waals surface area contributed by atoms with Gasteiger partial charge in [-0.15, -0.1) is 0 Å². The van der Waals surface area contributed by atoms with Crippen LogP contribution in [0.4, 0.5) is 0 Å². The van der Waals surface area contributed by atoms with Gasteiger partial charge in [-0.1, -0.05) is 0 Å². The lowest BCUT2D eigenvalue weighted by atomic mass is 10.0. The fraction of sp³-hybridized carbons (Fsp3) is 0.600. The number of ether oxygens (including phenoxy) is 1. The fourth-order valence-electron chi connectivity index (χ4n) is 2.93. The predicted molar refractivity (Wildman–Crippen MR) is 109 cm³/mol. The number of aromatic nitrogens is 2. The number of nitrogens with zero attached hydrogens (tertiary/aromatic N) is 3. The van der Waals surface area contributed by atoms with Gasteiger partial charge in [-0.25, -0.2) is 4.99 Å². The molecule has 0 aliphatic carbocycles. The molecule has 0 aliphatic heterocycles. The first-order chi connectivity index (χ1) is 13.3. The third kappa shape index (κ3) is 5.59. The normalized spacial score (nSPS) is 14.2. The van der Waals surface area contributed by atoms with E-state index in [0.717, 1.165) is 35.8 Å². The predicted octanol–water partition coefficient (Wildman–Crippen LogP) is 2.01. The summed E-state index contributed by atoms with van der Waals surface area (Å²) in [4.78, 5) is 4.67. The monoisotopic (exact) mass is 391 g/mol. The molecule has 156 valence electrons. The van der Waals surface area contributed by atoms with E-state index in [9.17, 15) is 5.11 Å². The third-order valence-corrected chi connectivity index (χ3v) is 4.65. The molecule has 2 aromatic heterocycles. The minimum absolute atomic E-state index is 0.275. The number of aliphatic imine (C=N–C) groups is 1. The van der Waals surface area contributed by atoms with Crippen molar-refractivity contribution in [1.29, 1.82) is 0 Å². The molecule has 3 N–H and O–H groups in total. The number of rotatable bonds is 9. The lowest BCUT2D eigenvalue weighted by Gasteiger charge is -2.22. The van der Waals surface area contributed by atoms with Crippen LogP contribution in [-0.2, 0) is 23.4 Å². The van der Waals surface area contributed by atoms with Crippen LogP contribution in [0.25, 0.3) is 0 Å². The van der Waals surface area contributed by atoms with Crippen LogP contribution >= 0.6 is 0 Å². The smallest absolute Gasteiger partial charge is 0.191 e. The summed E-state index contributed by atoms with van der Waals surface area (Å²) >= 11 is 0. The molecular weight excluding hydrogens is 358 g/mol. The fourth-order valence-corrected chi connectivity index (χ4v) is 2.93. The van der Waals surface area contributed by atoms with Crippen molar-refractivity contribution in [3.63, 3.8) is 0 Å². The number of guanidine groups is 1. The van der Waals surface area contributed by atoms with E-state index >= 15 is 0 Å². The number of methoxy groups -OCH3 is 1. The number of furan rings is 1. The summed E-state index contributed by atoms with van der Waals surface area (Å²) in [7, 11) is 1.68. The molecule has 0 saturated heterocycles. The van der Waals surface area contributed by atoms with E-state index in [2.05, 4.69) is 20.7 Å². The number of nitrogens with one attached hydrogen (secondary N) is 2. The van der Waals surface area contributed by atoms with Gasteiger partial charge in [-0.3, -0.25) is 4.68 Å². The van der Waals surface area contributed by atoms with Crippen molar-refractivity contribution < 1.29 is 14.3 Å². The molecule has 0 fully saturated rings. The molecular formula is C20H33N5O3. The van der Waals surface area contributed by atoms with E-state index in [0.29, 0.717) is 24.9 Å². The molecule has 0 aromatic carbocycles. The van der Waals surface area contributed by atoms with Gasteiger partial charge in [0.1, 0.15) is 17.1 Å². The quantitative estimate of drug-likeness (QED) is 0.447. The van der Waals surface area contributed by atoms with Crippen LogP contribution in [-0.4, -0.2) is 47.7 Å². The van der Waals surface area contributed by atoms with Crippen molar-refractivity contribution in [3.05, 3.63) is 40.6 Å². The van der Waals surface area contributed by atoms with Crippen molar-refractivity contribution in [1.82, 2.24) is 20.4 Å². The maximum Gasteiger partial charge on any atom is 0.191 e. The summed E-state index contributed by atoms with van der Waals surface area (Å²) in [5.41, 5.74) is 2.02. The molecule has 2 rings (SSSR count). The molecule has 2 aromatic rings. The van der Waals surface area contributed by atoms with E-state index < -0.39 is 5.60 Å². The average molecular weight is 392 g/mol. The molecule has 0 amide bonds. The minimum Gasteiger partial charge on any atom is -0.463 e. The van der Waals surface area contributed by atoms with Gasteiger partial charge in [0.2, 0.25) is 0 Å². The summed E-state index contributed by atoms with van der Waals surface area (Å²) in [5.74, 6) is 1.93. The third-order valence-electron chi connectivity index (χ3n) is 4.65. The van der Waals surface area contributed by atoms with Gasteiger partial charge in [0.05, 0.1) is 31.9 Å². The second kappa shape index (κ2) is 9.75. The van der Waals surface area contributed by atoms with Crippen LogP contribution < -0.4 is 10.6 Å². The topological polar surface area (TPSA) is 96.8 Å². The lowest BCUT2D eigenvalue weighted by Crippen LogP contribution is -2.44. The Morgan fingerprint density at radius 1 is 1.32 bits per heavy atom. The van der Waals surface area contributed by atoms with Crippen LogP contribution in [0.3, 0.4) is 0 Å². The second-order valence-electron chi connectivity index (χ2n) is 7.10. The largest absolute Gasteiger partial charge is 0.463 e. The van der Waals surface area contributed by atoms with Crippen molar-refractivity contribution >= 4 is 5.96 Å². The minimum atomic E-state index is -1.14. The maximum absolute atomic E-state index is 10.7.